The van der Waals surface area contributed by atoms with Crippen LogP contribution in [0.5, 0.6) is 0 Å². The number of hydrogen-bond acceptors (Lipinski definition) is 4. The van der Waals surface area contributed by atoms with Gasteiger partial charge in [-0.25, -0.2) is 4.68 Å². The van der Waals surface area contributed by atoms with Gasteiger partial charge in [0.05, 0.1) is 11.4 Å². The van der Waals surface area contributed by atoms with Crippen LogP contribution in [0.3, 0.4) is 0 Å². The summed E-state index contributed by atoms with van der Waals surface area (Å²) in [6.07, 6.45) is 3.74. The summed E-state index contributed by atoms with van der Waals surface area (Å²) in [5.74, 6) is -0.266. The van der Waals surface area contributed by atoms with Crippen molar-refractivity contribution in [3.05, 3.63) is 78.6 Å². The molecule has 0 bridgehead atoms. The highest BCUT2D eigenvalue weighted by Gasteiger charge is 2.27. The summed E-state index contributed by atoms with van der Waals surface area (Å²) < 4.78 is 1.70. The molecule has 124 valence electrons. The van der Waals surface area contributed by atoms with Gasteiger partial charge in [-0.1, -0.05) is 47.6 Å². The van der Waals surface area contributed by atoms with Crippen molar-refractivity contribution in [1.82, 2.24) is 9.78 Å². The number of rotatable bonds is 4. The lowest BCUT2D eigenvalue weighted by atomic mass is 10.0. The number of oxime groups is 1. The molecular formula is C19H16N4O2. The molecule has 1 aromatic heterocycles. The molecule has 1 aliphatic rings. The minimum atomic E-state index is -0.266. The number of para-hydroxylation sites is 2. The molecule has 3 aromatic rings. The van der Waals surface area contributed by atoms with E-state index in [0.717, 1.165) is 11.3 Å². The first-order valence-corrected chi connectivity index (χ1v) is 7.99. The van der Waals surface area contributed by atoms with Crippen LogP contribution in [-0.2, 0) is 9.63 Å². The summed E-state index contributed by atoms with van der Waals surface area (Å²) in [7, 11) is 0. The van der Waals surface area contributed by atoms with Crippen LogP contribution < -0.4 is 5.32 Å². The van der Waals surface area contributed by atoms with Gasteiger partial charge in [-0.2, -0.15) is 5.10 Å². The number of carbonyl (C=O) groups excluding carboxylic acids is 1. The van der Waals surface area contributed by atoms with Crippen molar-refractivity contribution >= 4 is 17.3 Å². The number of hydrogen-bond donors (Lipinski definition) is 1. The van der Waals surface area contributed by atoms with Gasteiger partial charge in [0, 0.05) is 18.8 Å². The number of amides is 1. The highest BCUT2D eigenvalue weighted by molar-refractivity contribution is 6.43. The molecule has 1 N–H and O–H groups in total. The van der Waals surface area contributed by atoms with Crippen molar-refractivity contribution in [1.29, 1.82) is 0 Å². The first kappa shape index (κ1) is 15.1. The van der Waals surface area contributed by atoms with Gasteiger partial charge in [0.15, 0.2) is 6.10 Å². The van der Waals surface area contributed by atoms with Gasteiger partial charge in [0.25, 0.3) is 5.91 Å². The van der Waals surface area contributed by atoms with Gasteiger partial charge in [-0.3, -0.25) is 4.79 Å². The van der Waals surface area contributed by atoms with Crippen LogP contribution >= 0.6 is 0 Å². The molecule has 0 radical (unpaired) electrons. The molecule has 1 amide bonds. The van der Waals surface area contributed by atoms with Gasteiger partial charge in [-0.15, -0.1) is 0 Å². The Hall–Kier alpha value is -3.41. The van der Waals surface area contributed by atoms with Crippen molar-refractivity contribution < 1.29 is 9.63 Å². The maximum Gasteiger partial charge on any atom is 0.273 e. The van der Waals surface area contributed by atoms with Crippen molar-refractivity contribution in [3.63, 3.8) is 0 Å². The minimum Gasteiger partial charge on any atom is -0.387 e. The monoisotopic (exact) mass is 332 g/mol. The number of nitrogens with zero attached hydrogens (tertiary/aromatic N) is 3. The normalized spacial score (nSPS) is 16.2. The first-order chi connectivity index (χ1) is 12.3. The third kappa shape index (κ3) is 3.14. The molecule has 0 aliphatic carbocycles. The number of aromatic nitrogens is 2. The number of carbonyl (C=O) groups is 1. The molecule has 4 rings (SSSR count). The summed E-state index contributed by atoms with van der Waals surface area (Å²) >= 11 is 0. The standard InChI is InChI=1S/C19H16N4O2/c24-19(16-13-18(25-22-16)14-7-2-1-3-8-14)21-15-9-4-5-10-17(15)23-12-6-11-20-23/h1-12,18H,13H2,(H,21,24). The van der Waals surface area contributed by atoms with Crippen molar-refractivity contribution in [3.8, 4) is 5.69 Å². The second-order valence-corrected chi connectivity index (χ2v) is 5.67. The zero-order chi connectivity index (χ0) is 17.1. The lowest BCUT2D eigenvalue weighted by Gasteiger charge is -2.10. The van der Waals surface area contributed by atoms with Crippen LogP contribution in [0.15, 0.2) is 78.2 Å². The van der Waals surface area contributed by atoms with Crippen LogP contribution in [0.1, 0.15) is 18.1 Å². The molecule has 0 saturated heterocycles. The Morgan fingerprint density at radius 3 is 2.68 bits per heavy atom. The summed E-state index contributed by atoms with van der Waals surface area (Å²) in [4.78, 5) is 18.0. The van der Waals surface area contributed by atoms with E-state index in [1.54, 1.807) is 10.9 Å². The van der Waals surface area contributed by atoms with E-state index in [1.165, 1.54) is 0 Å². The highest BCUT2D eigenvalue weighted by Crippen LogP contribution is 2.28. The molecule has 25 heavy (non-hydrogen) atoms. The van der Waals surface area contributed by atoms with E-state index in [9.17, 15) is 4.79 Å². The summed E-state index contributed by atoms with van der Waals surface area (Å²) in [5.41, 5.74) is 2.84. The highest BCUT2D eigenvalue weighted by atomic mass is 16.6. The molecular weight excluding hydrogens is 316 g/mol. The van der Waals surface area contributed by atoms with E-state index in [4.69, 9.17) is 4.84 Å². The SMILES string of the molecule is O=C(Nc1ccccc1-n1cccn1)C1=NOC(c2ccccc2)C1. The zero-order valence-electron chi connectivity index (χ0n) is 13.4. The summed E-state index contributed by atoms with van der Waals surface area (Å²) in [6, 6.07) is 19.1. The molecule has 1 aliphatic heterocycles. The Morgan fingerprint density at radius 2 is 1.88 bits per heavy atom. The van der Waals surface area contributed by atoms with Gasteiger partial charge in [-0.05, 0) is 23.8 Å². The van der Waals surface area contributed by atoms with Crippen LogP contribution in [0.4, 0.5) is 5.69 Å². The quantitative estimate of drug-likeness (QED) is 0.797. The Morgan fingerprint density at radius 1 is 1.08 bits per heavy atom. The van der Waals surface area contributed by atoms with Crippen LogP contribution in [0.2, 0.25) is 0 Å². The Bertz CT molecular complexity index is 904. The van der Waals surface area contributed by atoms with Crippen LogP contribution in [0.25, 0.3) is 5.69 Å². The minimum absolute atomic E-state index is 0.219. The average Bonchev–Trinajstić information content (AvgIpc) is 3.35. The van der Waals surface area contributed by atoms with Crippen molar-refractivity contribution in [2.45, 2.75) is 12.5 Å². The third-order valence-corrected chi connectivity index (χ3v) is 4.01. The Balaban J connectivity index is 1.49. The largest absolute Gasteiger partial charge is 0.387 e. The van der Waals surface area contributed by atoms with E-state index in [-0.39, 0.29) is 12.0 Å². The average molecular weight is 332 g/mol. The van der Waals surface area contributed by atoms with Gasteiger partial charge in [0.2, 0.25) is 0 Å². The third-order valence-electron chi connectivity index (χ3n) is 4.01. The topological polar surface area (TPSA) is 68.5 Å². The number of anilines is 1. The van der Waals surface area contributed by atoms with E-state index in [2.05, 4.69) is 15.6 Å². The van der Waals surface area contributed by atoms with Gasteiger partial charge in [0.1, 0.15) is 5.71 Å². The predicted molar refractivity (Wildman–Crippen MR) is 94.5 cm³/mol. The molecule has 2 aromatic carbocycles. The lowest BCUT2D eigenvalue weighted by molar-refractivity contribution is -0.110. The smallest absolute Gasteiger partial charge is 0.273 e. The van der Waals surface area contributed by atoms with E-state index in [0.29, 0.717) is 17.8 Å². The first-order valence-electron chi connectivity index (χ1n) is 7.99. The molecule has 0 fully saturated rings. The fourth-order valence-electron chi connectivity index (χ4n) is 2.74. The van der Waals surface area contributed by atoms with Crippen molar-refractivity contribution in [2.75, 3.05) is 5.32 Å². The predicted octanol–water partition coefficient (Wildman–Crippen LogP) is 3.33. The molecule has 0 spiro atoms. The molecule has 1 unspecified atom stereocenters. The number of nitrogens with one attached hydrogen (secondary N) is 1. The second kappa shape index (κ2) is 6.60. The van der Waals surface area contributed by atoms with E-state index < -0.39 is 0 Å². The second-order valence-electron chi connectivity index (χ2n) is 5.67. The summed E-state index contributed by atoms with van der Waals surface area (Å²) in [5, 5.41) is 11.1. The van der Waals surface area contributed by atoms with Gasteiger partial charge >= 0.3 is 0 Å². The number of benzene rings is 2. The fraction of sp³-hybridized carbons (Fsp3) is 0.105. The van der Waals surface area contributed by atoms with E-state index in [1.807, 2.05) is 66.9 Å². The molecule has 2 heterocycles. The molecule has 0 saturated carbocycles. The molecule has 6 nitrogen and oxygen atoms in total. The fourth-order valence-corrected chi connectivity index (χ4v) is 2.74. The molecule has 1 atom stereocenters. The maximum absolute atomic E-state index is 12.6. The maximum atomic E-state index is 12.6. The van der Waals surface area contributed by atoms with Crippen molar-refractivity contribution in [2.24, 2.45) is 5.16 Å². The van der Waals surface area contributed by atoms with Crippen LogP contribution in [-0.4, -0.2) is 21.4 Å². The molecule has 6 heteroatoms. The lowest BCUT2D eigenvalue weighted by Crippen LogP contribution is -2.22. The zero-order valence-corrected chi connectivity index (χ0v) is 13.4. The Kier molecular flexibility index (Phi) is 4.00. The van der Waals surface area contributed by atoms with Crippen LogP contribution in [0, 0.1) is 0 Å². The Labute approximate surface area is 144 Å². The summed E-state index contributed by atoms with van der Waals surface area (Å²) in [6.45, 7) is 0. The van der Waals surface area contributed by atoms with E-state index >= 15 is 0 Å². The van der Waals surface area contributed by atoms with Gasteiger partial charge < -0.3 is 10.2 Å².